The van der Waals surface area contributed by atoms with Gasteiger partial charge in [-0.3, -0.25) is 34.2 Å². The number of piperidine rings is 1. The predicted octanol–water partition coefficient (Wildman–Crippen LogP) is 7.04. The maximum atomic E-state index is 14.1. The van der Waals surface area contributed by atoms with Crippen molar-refractivity contribution in [2.45, 2.75) is 76.4 Å². The zero-order valence-electron chi connectivity index (χ0n) is 34.7. The van der Waals surface area contributed by atoms with Crippen LogP contribution in [-0.4, -0.2) is 86.5 Å². The molecule has 8 rings (SSSR count). The van der Waals surface area contributed by atoms with Crippen molar-refractivity contribution in [3.63, 3.8) is 0 Å². The predicted molar refractivity (Wildman–Crippen MR) is 227 cm³/mol. The van der Waals surface area contributed by atoms with Crippen molar-refractivity contribution < 1.29 is 46.3 Å². The number of fused-ring (bicyclic) bond motifs is 1. The summed E-state index contributed by atoms with van der Waals surface area (Å²) in [7, 11) is 0. The minimum Gasteiger partial charge on any atom is -0.444 e. The lowest BCUT2D eigenvalue weighted by molar-refractivity contribution is -0.140. The van der Waals surface area contributed by atoms with Crippen LogP contribution in [-0.2, 0) is 26.9 Å². The van der Waals surface area contributed by atoms with E-state index in [4.69, 9.17) is 9.15 Å². The number of hydrogen-bond donors (Lipinski definition) is 4. The summed E-state index contributed by atoms with van der Waals surface area (Å²) in [4.78, 5) is 72.8. The van der Waals surface area contributed by atoms with Crippen molar-refractivity contribution in [2.75, 3.05) is 42.3 Å². The Balaban J connectivity index is 0.739. The first kappa shape index (κ1) is 43.7. The monoisotopic (exact) mass is 881 g/mol. The van der Waals surface area contributed by atoms with E-state index < -0.39 is 53.1 Å². The van der Waals surface area contributed by atoms with E-state index in [1.807, 2.05) is 12.1 Å². The molecule has 334 valence electrons. The molecule has 19 heteroatoms. The second-order valence-corrected chi connectivity index (χ2v) is 16.0. The van der Waals surface area contributed by atoms with Gasteiger partial charge in [-0.2, -0.15) is 18.3 Å². The molecule has 1 saturated heterocycles. The molecular weight excluding hydrogens is 836 g/mol. The van der Waals surface area contributed by atoms with Crippen molar-refractivity contribution in [1.82, 2.24) is 30.0 Å². The maximum absolute atomic E-state index is 14.1. The molecule has 1 unspecified atom stereocenters. The highest BCUT2D eigenvalue weighted by atomic mass is 19.4. The summed E-state index contributed by atoms with van der Waals surface area (Å²) in [6, 6.07) is 14.3. The maximum Gasteiger partial charge on any atom is 0.437 e. The zero-order valence-corrected chi connectivity index (χ0v) is 34.7. The highest BCUT2D eigenvalue weighted by molar-refractivity contribution is 6.25. The van der Waals surface area contributed by atoms with Gasteiger partial charge in [0.2, 0.25) is 17.7 Å². The number of nitrogens with zero attached hydrogens (tertiary/aromatic N) is 5. The highest BCUT2D eigenvalue weighted by Gasteiger charge is 2.45. The van der Waals surface area contributed by atoms with Gasteiger partial charge in [-0.25, -0.2) is 14.6 Å². The molecule has 64 heavy (non-hydrogen) atoms. The lowest BCUT2D eigenvalue weighted by atomic mass is 10.0. The lowest BCUT2D eigenvalue weighted by Gasteiger charge is -2.27. The molecule has 0 radical (unpaired) electrons. The topological polar surface area (TPSA) is 203 Å². The average Bonchev–Trinajstić information content (AvgIpc) is 3.67. The van der Waals surface area contributed by atoms with Crippen LogP contribution >= 0.6 is 0 Å². The van der Waals surface area contributed by atoms with Crippen LogP contribution in [0.15, 0.2) is 77.7 Å². The van der Waals surface area contributed by atoms with Crippen molar-refractivity contribution >= 4 is 46.7 Å². The molecular formula is C45H46F3N9O7. The number of anilines is 3. The summed E-state index contributed by atoms with van der Waals surface area (Å²) in [6.45, 7) is 2.52. The van der Waals surface area contributed by atoms with Crippen molar-refractivity contribution in [2.24, 2.45) is 5.92 Å². The lowest BCUT2D eigenvalue weighted by Crippen LogP contribution is -2.54. The Morgan fingerprint density at radius 1 is 0.906 bits per heavy atom. The molecule has 16 nitrogen and oxygen atoms in total. The number of hydrogen-bond acceptors (Lipinski definition) is 12. The molecule has 5 amide bonds. The van der Waals surface area contributed by atoms with Gasteiger partial charge < -0.3 is 25.1 Å². The number of unbranched alkanes of at least 4 members (excludes halogenated alkanes) is 3. The first-order chi connectivity index (χ1) is 30.9. The second kappa shape index (κ2) is 19.2. The van der Waals surface area contributed by atoms with Gasteiger partial charge in [0.05, 0.1) is 28.7 Å². The Morgan fingerprint density at radius 2 is 1.70 bits per heavy atom. The van der Waals surface area contributed by atoms with E-state index in [1.165, 1.54) is 12.8 Å². The van der Waals surface area contributed by atoms with E-state index in [1.54, 1.807) is 48.7 Å². The van der Waals surface area contributed by atoms with Gasteiger partial charge in [0.1, 0.15) is 18.1 Å². The van der Waals surface area contributed by atoms with Crippen LogP contribution in [0.3, 0.4) is 0 Å². The fourth-order valence-electron chi connectivity index (χ4n) is 7.58. The first-order valence-corrected chi connectivity index (χ1v) is 21.3. The summed E-state index contributed by atoms with van der Waals surface area (Å²) < 4.78 is 54.6. The van der Waals surface area contributed by atoms with Crippen molar-refractivity contribution in [3.05, 3.63) is 101 Å². The Morgan fingerprint density at radius 3 is 2.47 bits per heavy atom. The standard InChI is InChI=1S/C45H46F3N9O7/c46-45(47,48)39-33(52-40(59)34-26-64-42(53-34)29-18-20-50-36(23-29)51-24-28-10-11-28)25-56(55-39)30-14-12-27(13-15-30)7-2-5-22-63-21-4-1-3-19-49-32-9-6-8-31-38(32)44(62)57(43(31)61)35-16-17-37(58)54-41(35)60/h6,8-9,12-15,18,20,23,25-26,28,35,49H,1-5,7,10-11,16-17,19,21-22,24H2,(H,50,51)(H,52,59)(H,54,58,60). The van der Waals surface area contributed by atoms with Crippen molar-refractivity contribution in [1.29, 1.82) is 0 Å². The van der Waals surface area contributed by atoms with Crippen LogP contribution in [0.5, 0.6) is 0 Å². The van der Waals surface area contributed by atoms with E-state index in [9.17, 15) is 37.1 Å². The number of alkyl halides is 3. The molecule has 2 fully saturated rings. The smallest absolute Gasteiger partial charge is 0.437 e. The Kier molecular flexibility index (Phi) is 13.2. The quantitative estimate of drug-likeness (QED) is 0.0460. The van der Waals surface area contributed by atoms with Crippen molar-refractivity contribution in [3.8, 4) is 17.1 Å². The number of imide groups is 2. The third kappa shape index (κ3) is 10.3. The number of nitrogens with one attached hydrogen (secondary N) is 4. The molecule has 5 heterocycles. The van der Waals surface area contributed by atoms with E-state index >= 15 is 0 Å². The minimum absolute atomic E-state index is 0.0553. The van der Waals surface area contributed by atoms with Crippen LogP contribution in [0.2, 0.25) is 0 Å². The van der Waals surface area contributed by atoms with Crippen LogP contribution in [0, 0.1) is 5.92 Å². The number of halogens is 3. The van der Waals surface area contributed by atoms with Gasteiger partial charge in [-0.1, -0.05) is 18.2 Å². The molecule has 2 aromatic carbocycles. The normalized spacial score (nSPS) is 16.2. The molecule has 1 atom stereocenters. The van der Waals surface area contributed by atoms with Gasteiger partial charge in [0.15, 0.2) is 11.4 Å². The summed E-state index contributed by atoms with van der Waals surface area (Å²) in [5, 5.41) is 14.8. The number of aryl methyl sites for hydroxylation is 1. The molecule has 0 bridgehead atoms. The minimum atomic E-state index is -4.84. The highest BCUT2D eigenvalue weighted by Crippen LogP contribution is 2.36. The second-order valence-electron chi connectivity index (χ2n) is 16.0. The number of aromatic nitrogens is 4. The first-order valence-electron chi connectivity index (χ1n) is 21.3. The van der Waals surface area contributed by atoms with E-state index in [0.717, 1.165) is 72.7 Å². The summed E-state index contributed by atoms with van der Waals surface area (Å²) in [5.41, 5.74) is 0.949. The van der Waals surface area contributed by atoms with Crippen LogP contribution in [0.4, 0.5) is 30.4 Å². The largest absolute Gasteiger partial charge is 0.444 e. The third-order valence-electron chi connectivity index (χ3n) is 11.2. The SMILES string of the molecule is O=C1CCC(N2C(=O)c3cccc(NCCCCCOCCCCc4ccc(-n5cc(NC(=O)c6coc(-c7ccnc(NCC8CC8)c7)n6)c(C(F)(F)F)n5)cc4)c3C2=O)C(=O)N1. The van der Waals surface area contributed by atoms with E-state index in [2.05, 4.69) is 36.3 Å². The molecule has 4 N–H and O–H groups in total. The number of ether oxygens (including phenoxy) is 1. The molecule has 2 aliphatic heterocycles. The van der Waals surface area contributed by atoms with Crippen LogP contribution in [0.1, 0.15) is 100 Å². The van der Waals surface area contributed by atoms with Gasteiger partial charge in [-0.15, -0.1) is 0 Å². The number of pyridine rings is 1. The zero-order chi connectivity index (χ0) is 44.8. The fraction of sp³-hybridized carbons (Fsp3) is 0.378. The summed E-state index contributed by atoms with van der Waals surface area (Å²) in [5.74, 6) is -1.67. The van der Waals surface area contributed by atoms with Gasteiger partial charge >= 0.3 is 6.18 Å². The number of rotatable bonds is 20. The van der Waals surface area contributed by atoms with E-state index in [-0.39, 0.29) is 35.6 Å². The Labute approximate surface area is 365 Å². The molecule has 1 aliphatic carbocycles. The molecule has 0 spiro atoms. The Hall–Kier alpha value is -6.89. The van der Waals surface area contributed by atoms with Gasteiger partial charge in [-0.05, 0) is 106 Å². The Bertz CT molecular complexity index is 2530. The summed E-state index contributed by atoms with van der Waals surface area (Å²) in [6.07, 6.45) is 6.33. The van der Waals surface area contributed by atoms with Crippen LogP contribution < -0.4 is 21.3 Å². The van der Waals surface area contributed by atoms with E-state index in [0.29, 0.717) is 48.4 Å². The van der Waals surface area contributed by atoms with Gasteiger partial charge in [0, 0.05) is 50.2 Å². The number of carbonyl (C=O) groups excluding carboxylic acids is 5. The molecule has 3 aromatic heterocycles. The number of benzene rings is 2. The number of carbonyl (C=O) groups is 5. The average molecular weight is 882 g/mol. The fourth-order valence-corrected chi connectivity index (χ4v) is 7.58. The van der Waals surface area contributed by atoms with Gasteiger partial charge in [0.25, 0.3) is 17.7 Å². The van der Waals surface area contributed by atoms with Crippen LogP contribution in [0.25, 0.3) is 17.1 Å². The molecule has 3 aliphatic rings. The molecule has 1 saturated carbocycles. The number of oxazole rings is 1. The third-order valence-corrected chi connectivity index (χ3v) is 11.2. The molecule has 5 aromatic rings. The number of amides is 5. The summed E-state index contributed by atoms with van der Waals surface area (Å²) >= 11 is 0.